The number of benzene rings is 1. The Kier molecular flexibility index (Phi) is 9.91. The second-order valence-corrected chi connectivity index (χ2v) is 14.4. The minimum Gasteiger partial charge on any atom is -0.493 e. The molecule has 0 aliphatic rings. The SMILES string of the molecule is C=C(CO[Si](C(C)C)(C(C)C)C(C)C)[C@H](C)[C@@H](O)c1cc(OC)c(OC)c(OC)c1. The lowest BCUT2D eigenvalue weighted by molar-refractivity contribution is 0.127. The molecular formula is C24H42O5Si. The molecule has 0 spiro atoms. The van der Waals surface area contributed by atoms with Gasteiger partial charge >= 0.3 is 0 Å². The first kappa shape index (κ1) is 26.5. The topological polar surface area (TPSA) is 57.2 Å². The summed E-state index contributed by atoms with van der Waals surface area (Å²) in [5, 5.41) is 11.1. The molecule has 5 nitrogen and oxygen atoms in total. The first-order valence-corrected chi connectivity index (χ1v) is 12.9. The lowest BCUT2D eigenvalue weighted by atomic mass is 9.91. The number of methoxy groups -OCH3 is 3. The first-order chi connectivity index (χ1) is 14.0. The number of hydrogen-bond donors (Lipinski definition) is 1. The molecule has 2 atom stereocenters. The fourth-order valence-electron chi connectivity index (χ4n) is 4.63. The lowest BCUT2D eigenvalue weighted by Crippen LogP contribution is -2.48. The maximum atomic E-state index is 11.1. The quantitative estimate of drug-likeness (QED) is 0.314. The number of aliphatic hydroxyl groups is 1. The highest BCUT2D eigenvalue weighted by atomic mass is 28.4. The zero-order chi connectivity index (χ0) is 23.2. The molecule has 6 heteroatoms. The predicted octanol–water partition coefficient (Wildman–Crippen LogP) is 6.13. The molecule has 1 aromatic rings. The van der Waals surface area contributed by atoms with Crippen molar-refractivity contribution in [3.05, 3.63) is 29.8 Å². The fraction of sp³-hybridized carbons (Fsp3) is 0.667. The van der Waals surface area contributed by atoms with Gasteiger partial charge in [0.1, 0.15) is 0 Å². The smallest absolute Gasteiger partial charge is 0.203 e. The monoisotopic (exact) mass is 438 g/mol. The number of ether oxygens (including phenoxy) is 3. The van der Waals surface area contributed by atoms with E-state index in [0.717, 1.165) is 5.57 Å². The fourth-order valence-corrected chi connectivity index (χ4v) is 10.1. The molecule has 0 amide bonds. The van der Waals surface area contributed by atoms with Crippen molar-refractivity contribution in [3.8, 4) is 17.2 Å². The van der Waals surface area contributed by atoms with E-state index in [1.807, 2.05) is 6.92 Å². The van der Waals surface area contributed by atoms with Crippen molar-refractivity contribution in [1.29, 1.82) is 0 Å². The van der Waals surface area contributed by atoms with Gasteiger partial charge in [0.05, 0.1) is 34.0 Å². The van der Waals surface area contributed by atoms with Crippen LogP contribution in [0.3, 0.4) is 0 Å². The van der Waals surface area contributed by atoms with Crippen LogP contribution in [0.4, 0.5) is 0 Å². The summed E-state index contributed by atoms with van der Waals surface area (Å²) in [6, 6.07) is 3.57. The van der Waals surface area contributed by atoms with Crippen LogP contribution in [0.2, 0.25) is 16.6 Å². The maximum absolute atomic E-state index is 11.1. The van der Waals surface area contributed by atoms with E-state index in [1.54, 1.807) is 33.5 Å². The summed E-state index contributed by atoms with van der Waals surface area (Å²) >= 11 is 0. The van der Waals surface area contributed by atoms with Crippen LogP contribution in [0.1, 0.15) is 60.1 Å². The number of aliphatic hydroxyl groups excluding tert-OH is 1. The van der Waals surface area contributed by atoms with Gasteiger partial charge in [-0.05, 0) is 39.9 Å². The van der Waals surface area contributed by atoms with Crippen LogP contribution in [0.5, 0.6) is 17.2 Å². The van der Waals surface area contributed by atoms with Gasteiger partial charge in [-0.3, -0.25) is 0 Å². The van der Waals surface area contributed by atoms with E-state index in [9.17, 15) is 5.11 Å². The van der Waals surface area contributed by atoms with Crippen molar-refractivity contribution in [3.63, 3.8) is 0 Å². The van der Waals surface area contributed by atoms with Crippen molar-refractivity contribution < 1.29 is 23.7 Å². The maximum Gasteiger partial charge on any atom is 0.203 e. The molecule has 1 aromatic carbocycles. The molecule has 0 heterocycles. The van der Waals surface area contributed by atoms with E-state index in [2.05, 4.69) is 48.1 Å². The van der Waals surface area contributed by atoms with Crippen molar-refractivity contribution in [2.45, 2.75) is 71.2 Å². The Morgan fingerprint density at radius 1 is 0.867 bits per heavy atom. The predicted molar refractivity (Wildman–Crippen MR) is 126 cm³/mol. The Balaban J connectivity index is 3.08. The van der Waals surface area contributed by atoms with Gasteiger partial charge in [0.2, 0.25) is 14.1 Å². The molecule has 0 aliphatic carbocycles. The van der Waals surface area contributed by atoms with Crippen LogP contribution in [-0.2, 0) is 4.43 Å². The minimum atomic E-state index is -1.99. The van der Waals surface area contributed by atoms with E-state index in [1.165, 1.54) is 0 Å². The third-order valence-electron chi connectivity index (χ3n) is 6.36. The average Bonchev–Trinajstić information content (AvgIpc) is 2.70. The van der Waals surface area contributed by atoms with Gasteiger partial charge in [-0.1, -0.05) is 55.0 Å². The van der Waals surface area contributed by atoms with Crippen molar-refractivity contribution in [1.82, 2.24) is 0 Å². The minimum absolute atomic E-state index is 0.189. The molecule has 30 heavy (non-hydrogen) atoms. The van der Waals surface area contributed by atoms with Crippen LogP contribution >= 0.6 is 0 Å². The molecule has 0 saturated heterocycles. The second-order valence-electron chi connectivity index (χ2n) is 8.96. The van der Waals surface area contributed by atoms with Gasteiger partial charge in [-0.25, -0.2) is 0 Å². The van der Waals surface area contributed by atoms with Crippen LogP contribution in [0.15, 0.2) is 24.3 Å². The van der Waals surface area contributed by atoms with E-state index in [4.69, 9.17) is 18.6 Å². The van der Waals surface area contributed by atoms with Gasteiger partial charge in [0.15, 0.2) is 11.5 Å². The van der Waals surface area contributed by atoms with Gasteiger partial charge in [0, 0.05) is 5.92 Å². The van der Waals surface area contributed by atoms with Gasteiger partial charge in [-0.15, -0.1) is 0 Å². The van der Waals surface area contributed by atoms with Crippen molar-refractivity contribution >= 4 is 8.32 Å². The highest BCUT2D eigenvalue weighted by Gasteiger charge is 2.45. The van der Waals surface area contributed by atoms with Gasteiger partial charge in [0.25, 0.3) is 0 Å². The van der Waals surface area contributed by atoms with E-state index in [0.29, 0.717) is 46.0 Å². The third kappa shape index (κ3) is 5.40. The molecule has 0 radical (unpaired) electrons. The summed E-state index contributed by atoms with van der Waals surface area (Å²) in [7, 11) is 2.71. The molecule has 1 rings (SSSR count). The summed E-state index contributed by atoms with van der Waals surface area (Å²) in [6.45, 7) is 20.3. The summed E-state index contributed by atoms with van der Waals surface area (Å²) < 4.78 is 22.9. The molecule has 0 aliphatic heterocycles. The van der Waals surface area contributed by atoms with Crippen LogP contribution in [-0.4, -0.2) is 41.4 Å². The summed E-state index contributed by atoms with van der Waals surface area (Å²) in [4.78, 5) is 0. The molecule has 172 valence electrons. The molecule has 0 bridgehead atoms. The molecule has 0 saturated carbocycles. The van der Waals surface area contributed by atoms with Crippen LogP contribution in [0.25, 0.3) is 0 Å². The molecular weight excluding hydrogens is 396 g/mol. The summed E-state index contributed by atoms with van der Waals surface area (Å²) in [5.74, 6) is 1.36. The van der Waals surface area contributed by atoms with Gasteiger partial charge in [-0.2, -0.15) is 0 Å². The van der Waals surface area contributed by atoms with Crippen molar-refractivity contribution in [2.24, 2.45) is 5.92 Å². The number of hydrogen-bond acceptors (Lipinski definition) is 5. The largest absolute Gasteiger partial charge is 0.493 e. The summed E-state index contributed by atoms with van der Waals surface area (Å²) in [5.41, 5.74) is 3.08. The Bertz CT molecular complexity index is 652. The van der Waals surface area contributed by atoms with Crippen LogP contribution < -0.4 is 14.2 Å². The van der Waals surface area contributed by atoms with Crippen LogP contribution in [0, 0.1) is 5.92 Å². The number of rotatable bonds is 12. The Morgan fingerprint density at radius 2 is 1.30 bits per heavy atom. The highest BCUT2D eigenvalue weighted by Crippen LogP contribution is 2.44. The first-order valence-electron chi connectivity index (χ1n) is 10.8. The summed E-state index contributed by atoms with van der Waals surface area (Å²) in [6.07, 6.45) is -0.761. The molecule has 0 fully saturated rings. The van der Waals surface area contributed by atoms with E-state index < -0.39 is 14.4 Å². The highest BCUT2D eigenvalue weighted by molar-refractivity contribution is 6.77. The Morgan fingerprint density at radius 3 is 1.63 bits per heavy atom. The van der Waals surface area contributed by atoms with E-state index >= 15 is 0 Å². The van der Waals surface area contributed by atoms with E-state index in [-0.39, 0.29) is 5.92 Å². The third-order valence-corrected chi connectivity index (χ3v) is 12.4. The molecule has 0 unspecified atom stereocenters. The lowest BCUT2D eigenvalue weighted by Gasteiger charge is -2.42. The second kappa shape index (κ2) is 11.2. The normalized spacial score (nSPS) is 14.2. The Labute approximate surface area is 184 Å². The standard InChI is InChI=1S/C24H42O5Si/c1-15(2)30(16(3)4,17(5)6)29-14-18(7)19(8)23(25)20-12-21(26-9)24(28-11)22(13-20)27-10/h12-13,15-17,19,23,25H,7,14H2,1-6,8-11H3/t19-,23+/m0/s1. The zero-order valence-corrected chi connectivity index (χ0v) is 21.5. The molecule has 1 N–H and O–H groups in total. The zero-order valence-electron chi connectivity index (χ0n) is 20.5. The Hall–Kier alpha value is -1.50. The van der Waals surface area contributed by atoms with Crippen molar-refractivity contribution in [2.75, 3.05) is 27.9 Å². The van der Waals surface area contributed by atoms with Gasteiger partial charge < -0.3 is 23.7 Å². The average molecular weight is 439 g/mol. The molecule has 0 aromatic heterocycles.